The zero-order valence-corrected chi connectivity index (χ0v) is 13.8. The maximum atomic E-state index is 12.0. The normalized spacial score (nSPS) is 10.6. The van der Waals surface area contributed by atoms with Gasteiger partial charge < -0.3 is 5.11 Å². The van der Waals surface area contributed by atoms with Gasteiger partial charge in [-0.3, -0.25) is 4.79 Å². The number of ketones is 1. The Bertz CT molecular complexity index is 472. The van der Waals surface area contributed by atoms with E-state index in [1.807, 2.05) is 16.8 Å². The molecule has 4 heteroatoms. The second-order valence-electron chi connectivity index (χ2n) is 5.80. The van der Waals surface area contributed by atoms with Gasteiger partial charge in [0, 0.05) is 12.7 Å². The minimum absolute atomic E-state index is 0.0792. The highest BCUT2D eigenvalue weighted by atomic mass is 16.2. The Morgan fingerprint density at radius 3 is 2.32 bits per heavy atom. The first-order valence-corrected chi connectivity index (χ1v) is 8.32. The number of hydrogen-bond donors (Lipinski definition) is 1. The van der Waals surface area contributed by atoms with E-state index >= 15 is 0 Å². The number of hydrogen-bond acceptors (Lipinski definition) is 3. The third kappa shape index (κ3) is 6.94. The van der Waals surface area contributed by atoms with E-state index in [1.165, 1.54) is 32.1 Å². The van der Waals surface area contributed by atoms with Gasteiger partial charge in [0.15, 0.2) is 0 Å². The van der Waals surface area contributed by atoms with Crippen molar-refractivity contribution in [3.05, 3.63) is 36.4 Å². The molecule has 0 spiro atoms. The van der Waals surface area contributed by atoms with Gasteiger partial charge in [0.05, 0.1) is 12.7 Å². The van der Waals surface area contributed by atoms with Gasteiger partial charge in [-0.2, -0.15) is 0 Å². The van der Waals surface area contributed by atoms with E-state index in [1.54, 1.807) is 13.1 Å². The van der Waals surface area contributed by atoms with Crippen molar-refractivity contribution in [1.82, 2.24) is 4.98 Å². The molecule has 0 saturated heterocycles. The van der Waals surface area contributed by atoms with Crippen molar-refractivity contribution in [2.24, 2.45) is 0 Å². The summed E-state index contributed by atoms with van der Waals surface area (Å²) in [5, 5.41) is 8.71. The van der Waals surface area contributed by atoms with Gasteiger partial charge in [-0.1, -0.05) is 38.7 Å². The lowest BCUT2D eigenvalue weighted by Gasteiger charge is -2.04. The highest BCUT2D eigenvalue weighted by Gasteiger charge is 2.20. The quantitative estimate of drug-likeness (QED) is 0.279. The molecule has 0 aromatic carbocycles. The Hall–Kier alpha value is -1.55. The summed E-state index contributed by atoms with van der Waals surface area (Å²) < 4.78 is 1.93. The predicted octanol–water partition coefficient (Wildman–Crippen LogP) is 3.24. The van der Waals surface area contributed by atoms with Gasteiger partial charge in [-0.25, -0.2) is 4.57 Å². The molecule has 0 saturated carbocycles. The monoisotopic (exact) mass is 305 g/mol. The van der Waals surface area contributed by atoms with Crippen molar-refractivity contribution in [2.75, 3.05) is 6.61 Å². The van der Waals surface area contributed by atoms with Crippen LogP contribution in [0.2, 0.25) is 0 Å². The van der Waals surface area contributed by atoms with Crippen LogP contribution in [-0.2, 0) is 6.54 Å². The SMILES string of the molecule is C=C(C)C(=O)c1nccc[n+]1CCCCCCCCCCO. The molecule has 1 N–H and O–H groups in total. The van der Waals surface area contributed by atoms with Crippen LogP contribution in [0.5, 0.6) is 0 Å². The number of carbonyl (C=O) groups excluding carboxylic acids is 1. The summed E-state index contributed by atoms with van der Waals surface area (Å²) in [6, 6.07) is 1.86. The Labute approximate surface area is 133 Å². The predicted molar refractivity (Wildman–Crippen MR) is 87.6 cm³/mol. The van der Waals surface area contributed by atoms with E-state index < -0.39 is 0 Å². The lowest BCUT2D eigenvalue weighted by molar-refractivity contribution is -0.702. The van der Waals surface area contributed by atoms with Crippen molar-refractivity contribution in [3.63, 3.8) is 0 Å². The van der Waals surface area contributed by atoms with Crippen molar-refractivity contribution in [3.8, 4) is 0 Å². The molecule has 0 atom stereocenters. The van der Waals surface area contributed by atoms with Gasteiger partial charge >= 0.3 is 5.82 Å². The fraction of sp³-hybridized carbons (Fsp3) is 0.611. The van der Waals surface area contributed by atoms with E-state index in [2.05, 4.69) is 11.6 Å². The van der Waals surface area contributed by atoms with E-state index in [9.17, 15) is 4.79 Å². The summed E-state index contributed by atoms with van der Waals surface area (Å²) in [6.07, 6.45) is 12.8. The number of carbonyl (C=O) groups is 1. The first-order chi connectivity index (χ1) is 10.7. The lowest BCUT2D eigenvalue weighted by Crippen LogP contribution is -2.41. The first-order valence-electron chi connectivity index (χ1n) is 8.32. The molecule has 0 aliphatic carbocycles. The molecule has 0 fully saturated rings. The van der Waals surface area contributed by atoms with Crippen molar-refractivity contribution in [2.45, 2.75) is 64.8 Å². The number of rotatable bonds is 12. The van der Waals surface area contributed by atoms with Crippen LogP contribution in [-0.4, -0.2) is 22.5 Å². The van der Waals surface area contributed by atoms with Gasteiger partial charge in [0.1, 0.15) is 6.20 Å². The minimum Gasteiger partial charge on any atom is -0.396 e. The Kier molecular flexibility index (Phi) is 9.31. The summed E-state index contributed by atoms with van der Waals surface area (Å²) in [5.74, 6) is 0.406. The van der Waals surface area contributed by atoms with Crippen LogP contribution in [0.1, 0.15) is 68.9 Å². The second-order valence-corrected chi connectivity index (χ2v) is 5.80. The number of aliphatic hydroxyl groups is 1. The molecule has 122 valence electrons. The summed E-state index contributed by atoms with van der Waals surface area (Å²) >= 11 is 0. The topological polar surface area (TPSA) is 54.1 Å². The molecule has 0 aliphatic rings. The van der Waals surface area contributed by atoms with Crippen LogP contribution in [0.25, 0.3) is 0 Å². The minimum atomic E-state index is -0.0792. The molecule has 4 nitrogen and oxygen atoms in total. The molecule has 0 amide bonds. The largest absolute Gasteiger partial charge is 0.396 e. The molecule has 1 heterocycles. The van der Waals surface area contributed by atoms with Crippen LogP contribution < -0.4 is 4.57 Å². The van der Waals surface area contributed by atoms with Crippen LogP contribution >= 0.6 is 0 Å². The molecular weight excluding hydrogens is 276 g/mol. The van der Waals surface area contributed by atoms with E-state index in [-0.39, 0.29) is 5.78 Å². The molecule has 1 rings (SSSR count). The van der Waals surface area contributed by atoms with E-state index in [0.29, 0.717) is 18.0 Å². The highest BCUT2D eigenvalue weighted by molar-refractivity contribution is 6.04. The van der Waals surface area contributed by atoms with Crippen molar-refractivity contribution >= 4 is 5.78 Å². The third-order valence-electron chi connectivity index (χ3n) is 3.72. The fourth-order valence-corrected chi connectivity index (χ4v) is 2.42. The molecule has 0 aliphatic heterocycles. The zero-order chi connectivity index (χ0) is 16.2. The number of Topliss-reactive ketones (excluding diaryl/α,β-unsaturated/α-hetero) is 1. The third-order valence-corrected chi connectivity index (χ3v) is 3.72. The van der Waals surface area contributed by atoms with Crippen molar-refractivity contribution in [1.29, 1.82) is 0 Å². The van der Waals surface area contributed by atoms with Gasteiger partial charge in [0.2, 0.25) is 0 Å². The smallest absolute Gasteiger partial charge is 0.371 e. The Morgan fingerprint density at radius 2 is 1.73 bits per heavy atom. The van der Waals surface area contributed by atoms with Crippen LogP contribution in [0, 0.1) is 0 Å². The summed E-state index contributed by atoms with van der Waals surface area (Å²) in [7, 11) is 0. The summed E-state index contributed by atoms with van der Waals surface area (Å²) in [6.45, 7) is 6.56. The number of nitrogens with zero attached hydrogens (tertiary/aromatic N) is 2. The number of allylic oxidation sites excluding steroid dienone is 1. The molecule has 0 bridgehead atoms. The Balaban J connectivity index is 2.25. The van der Waals surface area contributed by atoms with Crippen LogP contribution in [0.15, 0.2) is 30.6 Å². The van der Waals surface area contributed by atoms with Gasteiger partial charge in [-0.05, 0) is 36.7 Å². The fourth-order valence-electron chi connectivity index (χ4n) is 2.42. The maximum Gasteiger partial charge on any atom is 0.371 e. The standard InChI is InChI=1S/C18H29N2O2/c1-16(2)17(22)18-19-12-11-14-20(18)13-9-7-5-3-4-6-8-10-15-21/h11-12,14,21H,1,3-10,13,15H2,2H3/q+1. The first kappa shape index (κ1) is 18.5. The zero-order valence-electron chi connectivity index (χ0n) is 13.8. The summed E-state index contributed by atoms with van der Waals surface area (Å²) in [4.78, 5) is 16.2. The second kappa shape index (κ2) is 11.1. The maximum absolute atomic E-state index is 12.0. The highest BCUT2D eigenvalue weighted by Crippen LogP contribution is 2.08. The summed E-state index contributed by atoms with van der Waals surface area (Å²) in [5.41, 5.74) is 0.523. The number of aliphatic hydroxyl groups excluding tert-OH is 1. The molecule has 0 unspecified atom stereocenters. The van der Waals surface area contributed by atoms with E-state index in [0.717, 1.165) is 25.8 Å². The van der Waals surface area contributed by atoms with E-state index in [4.69, 9.17) is 5.11 Å². The van der Waals surface area contributed by atoms with Gasteiger partial charge in [0.25, 0.3) is 5.78 Å². The molecule has 22 heavy (non-hydrogen) atoms. The molecule has 0 radical (unpaired) electrons. The van der Waals surface area contributed by atoms with Crippen LogP contribution in [0.4, 0.5) is 0 Å². The Morgan fingerprint density at radius 1 is 1.14 bits per heavy atom. The molecule has 1 aromatic rings. The lowest BCUT2D eigenvalue weighted by atomic mass is 10.1. The number of aromatic nitrogens is 2. The van der Waals surface area contributed by atoms with Crippen molar-refractivity contribution < 1.29 is 14.5 Å². The average Bonchev–Trinajstić information content (AvgIpc) is 2.53. The number of unbranched alkanes of at least 4 members (excludes halogenated alkanes) is 7. The van der Waals surface area contributed by atoms with Gasteiger partial charge in [-0.15, -0.1) is 0 Å². The molecule has 1 aromatic heterocycles. The van der Waals surface area contributed by atoms with Crippen LogP contribution in [0.3, 0.4) is 0 Å². The number of aryl methyl sites for hydroxylation is 1. The molecular formula is C18H29N2O2+. The average molecular weight is 305 g/mol.